The fourth-order valence-corrected chi connectivity index (χ4v) is 15.1. The molecule has 6 aliphatic heterocycles. The summed E-state index contributed by atoms with van der Waals surface area (Å²) in [7, 11) is 3.06. The minimum Gasteiger partial charge on any atom is -0.392 e. The fourth-order valence-electron chi connectivity index (χ4n) is 11.1. The van der Waals surface area contributed by atoms with E-state index in [0.717, 1.165) is 35.3 Å². The molecule has 6 aliphatic rings. The van der Waals surface area contributed by atoms with Crippen molar-refractivity contribution >= 4 is 82.1 Å². The number of likely N-dealkylation sites (N-methyl/N-ethyl adjacent to an activating group) is 2. The van der Waals surface area contributed by atoms with Gasteiger partial charge in [-0.25, -0.2) is 0 Å². The second-order valence-electron chi connectivity index (χ2n) is 14.8. The van der Waals surface area contributed by atoms with Gasteiger partial charge in [-0.05, 0) is 54.2 Å². The first kappa shape index (κ1) is 37.1. The Labute approximate surface area is 325 Å². The summed E-state index contributed by atoms with van der Waals surface area (Å²) in [6.07, 6.45) is 1.02. The molecule has 17 heteroatoms. The number of benzene rings is 2. The number of nitrogens with zero attached hydrogens (tertiary/aromatic N) is 4. The van der Waals surface area contributed by atoms with Crippen molar-refractivity contribution in [1.82, 2.24) is 19.6 Å². The van der Waals surface area contributed by atoms with Crippen LogP contribution >= 0.6 is 47.0 Å². The number of aliphatic hydroxyl groups is 3. The Morgan fingerprint density at radius 2 is 1.09 bits per heavy atom. The van der Waals surface area contributed by atoms with Crippen molar-refractivity contribution < 1.29 is 34.5 Å². The van der Waals surface area contributed by atoms with E-state index in [4.69, 9.17) is 0 Å². The molecule has 0 saturated carbocycles. The number of amides is 4. The van der Waals surface area contributed by atoms with E-state index in [1.807, 2.05) is 56.3 Å². The Hall–Kier alpha value is -2.80. The summed E-state index contributed by atoms with van der Waals surface area (Å²) in [6, 6.07) is 14.6. The highest BCUT2D eigenvalue weighted by Crippen LogP contribution is 2.74. The van der Waals surface area contributed by atoms with Gasteiger partial charge in [0.25, 0.3) is 23.6 Å². The summed E-state index contributed by atoms with van der Waals surface area (Å²) in [4.78, 5) is 59.8. The Morgan fingerprint density at radius 1 is 0.660 bits per heavy atom. The van der Waals surface area contributed by atoms with Gasteiger partial charge in [-0.3, -0.25) is 29.0 Å². The Kier molecular flexibility index (Phi) is 8.14. The highest BCUT2D eigenvalue weighted by atomic mass is 32.2. The SMILES string of the molecule is CS[C@@]1(C(C)C)C(=O)N2[C@H]3Nc4ccccc4[C@@]3(C34c5ccccc5N[C@H]3N3C(=O)[C@@](CO)(SC)N(C)C(=O)[C@]3(SC)[C@H]4O)[C@H](O)[C@]2(SC)C(=O)N1C. The van der Waals surface area contributed by atoms with Crippen LogP contribution in [0, 0.1) is 5.92 Å². The van der Waals surface area contributed by atoms with Crippen LogP contribution in [0.3, 0.4) is 0 Å². The number of piperazine rings is 2. The summed E-state index contributed by atoms with van der Waals surface area (Å²) in [6.45, 7) is 3.09. The zero-order valence-corrected chi connectivity index (χ0v) is 33.9. The number of para-hydroxylation sites is 2. The summed E-state index contributed by atoms with van der Waals surface area (Å²) in [5.74, 6) is -2.39. The number of hydrogen-bond acceptors (Lipinski definition) is 13. The quantitative estimate of drug-likeness (QED) is 0.275. The summed E-state index contributed by atoms with van der Waals surface area (Å²) in [5.41, 5.74) is -1.35. The van der Waals surface area contributed by atoms with Crippen molar-refractivity contribution in [2.75, 3.05) is 56.4 Å². The third-order valence-corrected chi connectivity index (χ3v) is 18.6. The van der Waals surface area contributed by atoms with Gasteiger partial charge >= 0.3 is 0 Å². The highest BCUT2D eigenvalue weighted by Gasteiger charge is 2.91. The molecule has 4 amide bonds. The Bertz CT molecular complexity index is 1970. The van der Waals surface area contributed by atoms with Crippen molar-refractivity contribution in [2.45, 2.75) is 68.7 Å². The third-order valence-electron chi connectivity index (χ3n) is 13.3. The lowest BCUT2D eigenvalue weighted by Crippen LogP contribution is -2.76. The van der Waals surface area contributed by atoms with Gasteiger partial charge in [-0.1, -0.05) is 50.2 Å². The number of hydrogen-bond donors (Lipinski definition) is 5. The first-order valence-corrected chi connectivity index (χ1v) is 22.2. The Balaban J connectivity index is 1.53. The number of carbonyl (C=O) groups excluding carboxylic acids is 4. The topological polar surface area (TPSA) is 166 Å². The van der Waals surface area contributed by atoms with Crippen LogP contribution in [0.2, 0.25) is 0 Å². The molecular weight excluding hydrogens is 757 g/mol. The van der Waals surface area contributed by atoms with Gasteiger partial charge in [0.1, 0.15) is 24.5 Å². The molecule has 10 atom stereocenters. The second kappa shape index (κ2) is 11.6. The van der Waals surface area contributed by atoms with Crippen LogP contribution in [-0.4, -0.2) is 148 Å². The molecule has 1 unspecified atom stereocenters. The van der Waals surface area contributed by atoms with E-state index in [0.29, 0.717) is 22.5 Å². The van der Waals surface area contributed by atoms with E-state index in [-0.39, 0.29) is 11.8 Å². The molecule has 6 heterocycles. The smallest absolute Gasteiger partial charge is 0.264 e. The van der Waals surface area contributed by atoms with E-state index in [1.54, 1.807) is 38.1 Å². The monoisotopic (exact) mass is 800 g/mol. The number of thioether (sulfide) groups is 4. The average Bonchev–Trinajstić information content (AvgIpc) is 3.81. The molecule has 284 valence electrons. The van der Waals surface area contributed by atoms with E-state index < -0.39 is 79.2 Å². The molecule has 0 aromatic heterocycles. The zero-order chi connectivity index (χ0) is 38.4. The highest BCUT2D eigenvalue weighted by molar-refractivity contribution is 8.02. The van der Waals surface area contributed by atoms with Gasteiger partial charge in [0.2, 0.25) is 0 Å². The molecule has 53 heavy (non-hydrogen) atoms. The van der Waals surface area contributed by atoms with Crippen LogP contribution in [0.15, 0.2) is 48.5 Å². The summed E-state index contributed by atoms with van der Waals surface area (Å²) >= 11 is 4.37. The largest absolute Gasteiger partial charge is 0.392 e. The lowest BCUT2D eigenvalue weighted by molar-refractivity contribution is -0.169. The minimum atomic E-state index is -1.95. The van der Waals surface area contributed by atoms with Crippen LogP contribution in [0.1, 0.15) is 25.0 Å². The normalized spacial score (nSPS) is 40.9. The van der Waals surface area contributed by atoms with Crippen molar-refractivity contribution in [1.29, 1.82) is 0 Å². The lowest BCUT2D eigenvalue weighted by Gasteiger charge is -2.55. The van der Waals surface area contributed by atoms with Crippen molar-refractivity contribution in [3.63, 3.8) is 0 Å². The maximum Gasteiger partial charge on any atom is 0.264 e. The number of nitrogens with one attached hydrogen (secondary N) is 2. The first-order valence-electron chi connectivity index (χ1n) is 17.3. The van der Waals surface area contributed by atoms with E-state index in [1.165, 1.54) is 38.4 Å². The summed E-state index contributed by atoms with van der Waals surface area (Å²) < 4.78 is 0. The second-order valence-corrected chi connectivity index (χ2v) is 19.0. The number of carbonyl (C=O) groups is 4. The molecule has 8 rings (SSSR count). The van der Waals surface area contributed by atoms with E-state index >= 15 is 19.2 Å². The van der Waals surface area contributed by atoms with Crippen LogP contribution in [0.25, 0.3) is 0 Å². The molecule has 2 aromatic carbocycles. The molecule has 0 radical (unpaired) electrons. The van der Waals surface area contributed by atoms with Gasteiger partial charge in [0.15, 0.2) is 19.5 Å². The molecule has 13 nitrogen and oxygen atoms in total. The predicted octanol–water partition coefficient (Wildman–Crippen LogP) is 1.60. The molecule has 0 spiro atoms. The molecule has 0 aliphatic carbocycles. The van der Waals surface area contributed by atoms with Crippen LogP contribution in [-0.2, 0) is 30.0 Å². The Morgan fingerprint density at radius 3 is 1.49 bits per heavy atom. The van der Waals surface area contributed by atoms with Crippen LogP contribution in [0.4, 0.5) is 11.4 Å². The maximum absolute atomic E-state index is 15.5. The van der Waals surface area contributed by atoms with Gasteiger partial charge in [0, 0.05) is 25.5 Å². The third kappa shape index (κ3) is 3.49. The van der Waals surface area contributed by atoms with E-state index in [9.17, 15) is 15.3 Å². The molecule has 4 fully saturated rings. The van der Waals surface area contributed by atoms with Gasteiger partial charge in [-0.15, -0.1) is 47.0 Å². The number of rotatable bonds is 7. The van der Waals surface area contributed by atoms with Gasteiger partial charge < -0.3 is 35.8 Å². The van der Waals surface area contributed by atoms with Crippen molar-refractivity contribution in [3.05, 3.63) is 59.7 Å². The molecular formula is C36H44N6O7S4. The van der Waals surface area contributed by atoms with Gasteiger partial charge in [0.05, 0.1) is 17.4 Å². The van der Waals surface area contributed by atoms with E-state index in [2.05, 4.69) is 10.6 Å². The van der Waals surface area contributed by atoms with Crippen molar-refractivity contribution in [3.8, 4) is 0 Å². The summed E-state index contributed by atoms with van der Waals surface area (Å²) in [5, 5.41) is 45.2. The molecule has 4 saturated heterocycles. The molecule has 5 N–H and O–H groups in total. The van der Waals surface area contributed by atoms with Gasteiger partial charge in [-0.2, -0.15) is 0 Å². The minimum absolute atomic E-state index is 0.343. The number of anilines is 2. The lowest BCUT2D eigenvalue weighted by atomic mass is 9.52. The van der Waals surface area contributed by atoms with Crippen LogP contribution in [0.5, 0.6) is 0 Å². The maximum atomic E-state index is 15.5. The first-order chi connectivity index (χ1) is 25.2. The predicted molar refractivity (Wildman–Crippen MR) is 209 cm³/mol. The number of aliphatic hydroxyl groups excluding tert-OH is 3. The molecule has 2 aromatic rings. The van der Waals surface area contributed by atoms with Crippen LogP contribution < -0.4 is 10.6 Å². The zero-order valence-electron chi connectivity index (χ0n) is 30.6. The van der Waals surface area contributed by atoms with Crippen molar-refractivity contribution in [2.24, 2.45) is 5.92 Å². The standard InChI is InChI=1S/C36H44N6O7S4/c1-18(2)34(51-6)30(49)42-26-33(20-14-10-12-16-22(20)38-26,24(45)36(42,53-8)29(48)40(34)4)32-19-13-9-11-15-21(19)37-25(32)41-27(46)31(17-43,50-5)39(3)28(47)35(41,52-7)23(32)44/h9-16,18,23-26,37-38,43-45H,17H2,1-8H3/t23-,24-,25-,26+,31+,32?,33+,34-,35+,36-/m0/s1. The molecule has 0 bridgehead atoms. The average molecular weight is 801 g/mol. The number of fused-ring (bicyclic) bond motifs is 11. The fraction of sp³-hybridized carbons (Fsp3) is 0.556.